The van der Waals surface area contributed by atoms with E-state index in [9.17, 15) is 14.9 Å². The van der Waals surface area contributed by atoms with E-state index < -0.39 is 4.92 Å². The zero-order valence-corrected chi connectivity index (χ0v) is 14.2. The second kappa shape index (κ2) is 7.79. The van der Waals surface area contributed by atoms with Gasteiger partial charge in [0.25, 0.3) is 5.69 Å². The van der Waals surface area contributed by atoms with Crippen molar-refractivity contribution in [2.75, 3.05) is 7.05 Å². The van der Waals surface area contributed by atoms with E-state index in [-0.39, 0.29) is 17.8 Å². The highest BCUT2D eigenvalue weighted by Gasteiger charge is 2.16. The number of hydrogen-bond acceptors (Lipinski definition) is 3. The summed E-state index contributed by atoms with van der Waals surface area (Å²) in [6.07, 6.45) is 0. The van der Waals surface area contributed by atoms with Gasteiger partial charge in [-0.05, 0) is 24.1 Å². The smallest absolute Gasteiger partial charge is 0.317 e. The Morgan fingerprint density at radius 2 is 2.00 bits per heavy atom. The molecule has 0 aliphatic heterocycles. The summed E-state index contributed by atoms with van der Waals surface area (Å²) in [6.45, 7) is 2.15. The number of halogens is 1. The van der Waals surface area contributed by atoms with E-state index in [1.165, 1.54) is 17.0 Å². The molecule has 2 aromatic carbocycles. The molecule has 0 spiro atoms. The number of nitro groups is 1. The predicted octanol–water partition coefficient (Wildman–Crippen LogP) is 4.15. The number of nitro benzene ring substituents is 1. The van der Waals surface area contributed by atoms with Crippen LogP contribution in [0.2, 0.25) is 5.02 Å². The van der Waals surface area contributed by atoms with Crippen molar-refractivity contribution in [2.45, 2.75) is 19.5 Å². The van der Waals surface area contributed by atoms with Crippen molar-refractivity contribution in [3.8, 4) is 0 Å². The number of rotatable bonds is 5. The Morgan fingerprint density at radius 3 is 2.67 bits per heavy atom. The van der Waals surface area contributed by atoms with Gasteiger partial charge in [-0.25, -0.2) is 4.79 Å². The van der Waals surface area contributed by atoms with Crippen molar-refractivity contribution in [2.24, 2.45) is 0 Å². The molecule has 0 aliphatic carbocycles. The number of urea groups is 1. The first-order valence-corrected chi connectivity index (χ1v) is 7.75. The number of benzene rings is 2. The summed E-state index contributed by atoms with van der Waals surface area (Å²) in [5, 5.41) is 14.3. The van der Waals surface area contributed by atoms with Gasteiger partial charge in [0.1, 0.15) is 0 Å². The van der Waals surface area contributed by atoms with E-state index in [2.05, 4.69) is 5.32 Å². The second-order valence-electron chi connectivity index (χ2n) is 5.47. The average Bonchev–Trinajstić information content (AvgIpc) is 2.56. The van der Waals surface area contributed by atoms with Gasteiger partial charge in [-0.1, -0.05) is 41.9 Å². The van der Waals surface area contributed by atoms with Crippen molar-refractivity contribution in [3.63, 3.8) is 0 Å². The van der Waals surface area contributed by atoms with Gasteiger partial charge in [-0.3, -0.25) is 10.1 Å². The lowest BCUT2D eigenvalue weighted by Crippen LogP contribution is -2.38. The first kappa shape index (κ1) is 17.7. The Labute approximate surface area is 145 Å². The Morgan fingerprint density at radius 1 is 1.29 bits per heavy atom. The van der Waals surface area contributed by atoms with Crippen LogP contribution in [0, 0.1) is 10.1 Å². The fourth-order valence-corrected chi connectivity index (χ4v) is 2.44. The maximum Gasteiger partial charge on any atom is 0.317 e. The summed E-state index contributed by atoms with van der Waals surface area (Å²) in [5.74, 6) is 0. The third kappa shape index (κ3) is 4.45. The molecule has 0 aliphatic rings. The molecular weight excluding hydrogens is 330 g/mol. The van der Waals surface area contributed by atoms with E-state index in [4.69, 9.17) is 11.6 Å². The number of carbonyl (C=O) groups is 1. The highest BCUT2D eigenvalue weighted by atomic mass is 35.5. The van der Waals surface area contributed by atoms with Crippen molar-refractivity contribution in [3.05, 3.63) is 74.8 Å². The molecule has 0 radical (unpaired) electrons. The van der Waals surface area contributed by atoms with Gasteiger partial charge in [0.05, 0.1) is 11.0 Å². The lowest BCUT2D eigenvalue weighted by molar-refractivity contribution is -0.384. The molecule has 1 atom stereocenters. The van der Waals surface area contributed by atoms with E-state index in [0.29, 0.717) is 17.1 Å². The lowest BCUT2D eigenvalue weighted by atomic mass is 10.1. The molecule has 0 bridgehead atoms. The zero-order chi connectivity index (χ0) is 17.7. The highest BCUT2D eigenvalue weighted by molar-refractivity contribution is 6.31. The van der Waals surface area contributed by atoms with Crippen molar-refractivity contribution in [1.82, 2.24) is 10.2 Å². The molecular formula is C17H18ClN3O3. The Balaban J connectivity index is 2.02. The van der Waals surface area contributed by atoms with Crippen LogP contribution in [0.1, 0.15) is 24.1 Å². The fourth-order valence-electron chi connectivity index (χ4n) is 2.24. The SMILES string of the molecule is CC(NC(=O)N(C)Cc1ccccc1Cl)c1cccc([N+](=O)[O-])c1. The van der Waals surface area contributed by atoms with Crippen LogP contribution in [0.3, 0.4) is 0 Å². The summed E-state index contributed by atoms with van der Waals surface area (Å²) >= 11 is 6.10. The maximum absolute atomic E-state index is 12.3. The largest absolute Gasteiger partial charge is 0.331 e. The molecule has 0 heterocycles. The highest BCUT2D eigenvalue weighted by Crippen LogP contribution is 2.20. The van der Waals surface area contributed by atoms with Gasteiger partial charge in [-0.2, -0.15) is 0 Å². The number of amides is 2. The minimum atomic E-state index is -0.457. The predicted molar refractivity (Wildman–Crippen MR) is 93.0 cm³/mol. The van der Waals surface area contributed by atoms with Crippen molar-refractivity contribution in [1.29, 1.82) is 0 Å². The first-order valence-electron chi connectivity index (χ1n) is 7.38. The Kier molecular flexibility index (Phi) is 5.76. The molecule has 1 N–H and O–H groups in total. The van der Waals surface area contributed by atoms with Crippen LogP contribution in [-0.4, -0.2) is 22.9 Å². The molecule has 0 saturated carbocycles. The lowest BCUT2D eigenvalue weighted by Gasteiger charge is -2.22. The first-order chi connectivity index (χ1) is 11.4. The zero-order valence-electron chi connectivity index (χ0n) is 13.4. The Hall–Kier alpha value is -2.60. The van der Waals surface area contributed by atoms with Gasteiger partial charge in [-0.15, -0.1) is 0 Å². The van der Waals surface area contributed by atoms with E-state index >= 15 is 0 Å². The van der Waals surface area contributed by atoms with Crippen LogP contribution in [0.4, 0.5) is 10.5 Å². The quantitative estimate of drug-likeness (QED) is 0.652. The molecule has 24 heavy (non-hydrogen) atoms. The third-order valence-corrected chi connectivity index (χ3v) is 4.00. The van der Waals surface area contributed by atoms with Gasteiger partial charge < -0.3 is 10.2 Å². The number of carbonyl (C=O) groups excluding carboxylic acids is 1. The van der Waals surface area contributed by atoms with Crippen LogP contribution in [0.25, 0.3) is 0 Å². The number of nitrogens with one attached hydrogen (secondary N) is 1. The summed E-state index contributed by atoms with van der Waals surface area (Å²) in [4.78, 5) is 24.2. The van der Waals surface area contributed by atoms with Gasteiger partial charge in [0.15, 0.2) is 0 Å². The van der Waals surface area contributed by atoms with Crippen LogP contribution >= 0.6 is 11.6 Å². The third-order valence-electron chi connectivity index (χ3n) is 3.63. The minimum Gasteiger partial charge on any atom is -0.331 e. The van der Waals surface area contributed by atoms with Crippen LogP contribution < -0.4 is 5.32 Å². The van der Waals surface area contributed by atoms with Crippen LogP contribution in [-0.2, 0) is 6.54 Å². The summed E-state index contributed by atoms with van der Waals surface area (Å²) in [7, 11) is 1.67. The molecule has 2 aromatic rings. The fraction of sp³-hybridized carbons (Fsp3) is 0.235. The van der Waals surface area contributed by atoms with Crippen LogP contribution in [0.15, 0.2) is 48.5 Å². The topological polar surface area (TPSA) is 75.5 Å². The Bertz CT molecular complexity index is 751. The molecule has 2 rings (SSSR count). The number of non-ortho nitro benzene ring substituents is 1. The van der Waals surface area contributed by atoms with Gasteiger partial charge in [0, 0.05) is 30.7 Å². The number of hydrogen-bond donors (Lipinski definition) is 1. The summed E-state index contributed by atoms with van der Waals surface area (Å²) in [5.41, 5.74) is 1.52. The molecule has 2 amide bonds. The molecule has 1 unspecified atom stereocenters. The molecule has 0 fully saturated rings. The monoisotopic (exact) mass is 347 g/mol. The second-order valence-corrected chi connectivity index (χ2v) is 5.88. The molecule has 7 heteroatoms. The molecule has 6 nitrogen and oxygen atoms in total. The summed E-state index contributed by atoms with van der Waals surface area (Å²) < 4.78 is 0. The normalized spacial score (nSPS) is 11.6. The molecule has 126 valence electrons. The summed E-state index contributed by atoms with van der Waals surface area (Å²) in [6, 6.07) is 12.9. The van der Waals surface area contributed by atoms with E-state index in [1.54, 1.807) is 32.2 Å². The molecule has 0 aromatic heterocycles. The average molecular weight is 348 g/mol. The van der Waals surface area contributed by atoms with E-state index in [1.807, 2.05) is 18.2 Å². The van der Waals surface area contributed by atoms with Gasteiger partial charge in [0.2, 0.25) is 0 Å². The van der Waals surface area contributed by atoms with Crippen molar-refractivity contribution >= 4 is 23.3 Å². The number of nitrogens with zero attached hydrogens (tertiary/aromatic N) is 2. The minimum absolute atomic E-state index is 0.00183. The van der Waals surface area contributed by atoms with Gasteiger partial charge >= 0.3 is 6.03 Å². The molecule has 0 saturated heterocycles. The van der Waals surface area contributed by atoms with E-state index in [0.717, 1.165) is 5.56 Å². The maximum atomic E-state index is 12.3. The standard InChI is InChI=1S/C17H18ClN3O3/c1-12(13-7-5-8-15(10-13)21(23)24)19-17(22)20(2)11-14-6-3-4-9-16(14)18/h3-10,12H,11H2,1-2H3,(H,19,22). The van der Waals surface area contributed by atoms with Crippen LogP contribution in [0.5, 0.6) is 0 Å². The van der Waals surface area contributed by atoms with Crippen molar-refractivity contribution < 1.29 is 9.72 Å².